The van der Waals surface area contributed by atoms with E-state index in [4.69, 9.17) is 16.7 Å². The number of carboxylic acids is 1. The topological polar surface area (TPSA) is 54.6 Å². The maximum atomic E-state index is 11.1. The van der Waals surface area contributed by atoms with Crippen molar-refractivity contribution in [2.45, 2.75) is 6.42 Å². The Hall–Kier alpha value is -1.85. The molecule has 0 saturated heterocycles. The standard InChI is InChI=1S/C13H9ClN2O2S/c14-10-4-1-5-11-15-13(9-3-2-6-19-9)8(16(10)11)7-12(17)18/h1-6H,7H2,(H,17,18). The van der Waals surface area contributed by atoms with Gasteiger partial charge < -0.3 is 5.11 Å². The molecule has 0 aromatic carbocycles. The van der Waals surface area contributed by atoms with Crippen LogP contribution in [0.5, 0.6) is 0 Å². The molecule has 0 aliphatic heterocycles. The molecule has 1 N–H and O–H groups in total. The number of halogens is 1. The van der Waals surface area contributed by atoms with Gasteiger partial charge in [-0.3, -0.25) is 9.20 Å². The van der Waals surface area contributed by atoms with E-state index in [9.17, 15) is 4.79 Å². The zero-order valence-electron chi connectivity index (χ0n) is 9.71. The lowest BCUT2D eigenvalue weighted by Crippen LogP contribution is -2.05. The lowest BCUT2D eigenvalue weighted by molar-refractivity contribution is -0.136. The number of aliphatic carboxylic acids is 1. The molecule has 0 fully saturated rings. The number of hydrogen-bond acceptors (Lipinski definition) is 3. The van der Waals surface area contributed by atoms with Crippen LogP contribution in [0, 0.1) is 0 Å². The average molecular weight is 293 g/mol. The molecule has 96 valence electrons. The summed E-state index contributed by atoms with van der Waals surface area (Å²) in [6.45, 7) is 0. The summed E-state index contributed by atoms with van der Waals surface area (Å²) < 4.78 is 1.69. The molecule has 4 nitrogen and oxygen atoms in total. The van der Waals surface area contributed by atoms with Crippen molar-refractivity contribution in [3.8, 4) is 10.6 Å². The molecule has 6 heteroatoms. The van der Waals surface area contributed by atoms with Crippen LogP contribution in [0.15, 0.2) is 35.7 Å². The summed E-state index contributed by atoms with van der Waals surface area (Å²) in [5.41, 5.74) is 1.95. The van der Waals surface area contributed by atoms with E-state index in [1.54, 1.807) is 16.5 Å². The molecule has 3 aromatic heterocycles. The summed E-state index contributed by atoms with van der Waals surface area (Å²) in [7, 11) is 0. The highest BCUT2D eigenvalue weighted by molar-refractivity contribution is 7.13. The van der Waals surface area contributed by atoms with Gasteiger partial charge in [0.2, 0.25) is 0 Å². The molecule has 19 heavy (non-hydrogen) atoms. The number of nitrogens with zero attached hydrogens (tertiary/aromatic N) is 2. The number of carbonyl (C=O) groups is 1. The normalized spacial score (nSPS) is 11.0. The van der Waals surface area contributed by atoms with Gasteiger partial charge in [0.1, 0.15) is 16.5 Å². The maximum absolute atomic E-state index is 11.1. The van der Waals surface area contributed by atoms with Crippen LogP contribution in [0.25, 0.3) is 16.2 Å². The summed E-state index contributed by atoms with van der Waals surface area (Å²) in [5.74, 6) is -0.903. The number of rotatable bonds is 3. The number of carboxylic acid groups (broad SMARTS) is 1. The lowest BCUT2D eigenvalue weighted by atomic mass is 10.2. The fourth-order valence-electron chi connectivity index (χ4n) is 2.03. The average Bonchev–Trinajstić information content (AvgIpc) is 2.96. The minimum Gasteiger partial charge on any atom is -0.481 e. The number of fused-ring (bicyclic) bond motifs is 1. The third-order valence-corrected chi connectivity index (χ3v) is 3.94. The van der Waals surface area contributed by atoms with Gasteiger partial charge in [-0.2, -0.15) is 0 Å². The van der Waals surface area contributed by atoms with Crippen LogP contribution in [0.2, 0.25) is 5.15 Å². The van der Waals surface area contributed by atoms with Crippen molar-refractivity contribution >= 4 is 34.6 Å². The monoisotopic (exact) mass is 292 g/mol. The first kappa shape index (κ1) is 12.2. The molecule has 0 saturated carbocycles. The maximum Gasteiger partial charge on any atom is 0.309 e. The van der Waals surface area contributed by atoms with Crippen molar-refractivity contribution in [2.24, 2.45) is 0 Å². The Bertz CT molecular complexity index is 749. The van der Waals surface area contributed by atoms with Crippen molar-refractivity contribution in [2.75, 3.05) is 0 Å². The zero-order valence-corrected chi connectivity index (χ0v) is 11.3. The molecule has 0 aliphatic carbocycles. The van der Waals surface area contributed by atoms with Crippen molar-refractivity contribution in [1.29, 1.82) is 0 Å². The predicted octanol–water partition coefficient (Wildman–Crippen LogP) is 3.34. The molecule has 3 heterocycles. The number of hydrogen-bond donors (Lipinski definition) is 1. The van der Waals surface area contributed by atoms with Crippen LogP contribution in [0.4, 0.5) is 0 Å². The Morgan fingerprint density at radius 2 is 2.21 bits per heavy atom. The van der Waals surface area contributed by atoms with E-state index >= 15 is 0 Å². The molecule has 0 atom stereocenters. The number of thiophene rings is 1. The first-order valence-corrected chi connectivity index (χ1v) is 6.84. The van der Waals surface area contributed by atoms with Crippen LogP contribution < -0.4 is 0 Å². The van der Waals surface area contributed by atoms with Crippen LogP contribution >= 0.6 is 22.9 Å². The van der Waals surface area contributed by atoms with E-state index in [0.29, 0.717) is 22.2 Å². The third kappa shape index (κ3) is 2.11. The Balaban J connectivity index is 2.32. The van der Waals surface area contributed by atoms with Crippen molar-refractivity contribution in [1.82, 2.24) is 9.38 Å². The molecule has 0 radical (unpaired) electrons. The van der Waals surface area contributed by atoms with E-state index in [0.717, 1.165) is 4.88 Å². The molecule has 0 bridgehead atoms. The zero-order chi connectivity index (χ0) is 13.4. The fraction of sp³-hybridized carbons (Fsp3) is 0.0769. The van der Waals surface area contributed by atoms with E-state index in [-0.39, 0.29) is 6.42 Å². The molecule has 0 unspecified atom stereocenters. The summed E-state index contributed by atoms with van der Waals surface area (Å²) in [6.07, 6.45) is -0.113. The molecule has 0 spiro atoms. The summed E-state index contributed by atoms with van der Waals surface area (Å²) in [6, 6.07) is 9.17. The molecule has 3 rings (SSSR count). The van der Waals surface area contributed by atoms with E-state index < -0.39 is 5.97 Å². The first-order chi connectivity index (χ1) is 9.16. The second-order valence-electron chi connectivity index (χ2n) is 4.00. The second-order valence-corrected chi connectivity index (χ2v) is 5.33. The van der Waals surface area contributed by atoms with E-state index in [2.05, 4.69) is 4.98 Å². The van der Waals surface area contributed by atoms with Crippen molar-refractivity contribution in [3.63, 3.8) is 0 Å². The van der Waals surface area contributed by atoms with Crippen LogP contribution in [-0.2, 0) is 11.2 Å². The minimum atomic E-state index is -0.903. The van der Waals surface area contributed by atoms with Gasteiger partial charge in [0.15, 0.2) is 0 Å². The smallest absolute Gasteiger partial charge is 0.309 e. The Morgan fingerprint density at radius 1 is 1.37 bits per heavy atom. The number of aromatic nitrogens is 2. The van der Waals surface area contributed by atoms with Gasteiger partial charge in [0.05, 0.1) is 17.0 Å². The third-order valence-electron chi connectivity index (χ3n) is 2.76. The Morgan fingerprint density at radius 3 is 2.89 bits per heavy atom. The molecule has 3 aromatic rings. The molecule has 0 amide bonds. The van der Waals surface area contributed by atoms with Gasteiger partial charge in [-0.15, -0.1) is 11.3 Å². The summed E-state index contributed by atoms with van der Waals surface area (Å²) >= 11 is 7.68. The van der Waals surface area contributed by atoms with Crippen molar-refractivity contribution < 1.29 is 9.90 Å². The molecular weight excluding hydrogens is 284 g/mol. The Kier molecular flexibility index (Phi) is 3.00. The minimum absolute atomic E-state index is 0.113. The van der Waals surface area contributed by atoms with E-state index in [1.165, 1.54) is 11.3 Å². The summed E-state index contributed by atoms with van der Waals surface area (Å²) in [4.78, 5) is 16.5. The largest absolute Gasteiger partial charge is 0.481 e. The number of imidazole rings is 1. The highest BCUT2D eigenvalue weighted by Gasteiger charge is 2.18. The molecular formula is C13H9ClN2O2S. The SMILES string of the molecule is O=C(O)Cc1c(-c2cccs2)nc2cccc(Cl)n12. The van der Waals surface area contributed by atoms with Crippen LogP contribution in [0.1, 0.15) is 5.69 Å². The van der Waals surface area contributed by atoms with Gasteiger partial charge >= 0.3 is 5.97 Å². The fourth-order valence-corrected chi connectivity index (χ4v) is 3.03. The first-order valence-electron chi connectivity index (χ1n) is 5.58. The van der Waals surface area contributed by atoms with Gasteiger partial charge in [-0.05, 0) is 23.6 Å². The summed E-state index contributed by atoms with van der Waals surface area (Å²) in [5, 5.41) is 11.5. The highest BCUT2D eigenvalue weighted by atomic mass is 35.5. The second kappa shape index (κ2) is 4.68. The van der Waals surface area contributed by atoms with Crippen LogP contribution in [-0.4, -0.2) is 20.5 Å². The molecule has 0 aliphatic rings. The van der Waals surface area contributed by atoms with E-state index in [1.807, 2.05) is 23.6 Å². The van der Waals surface area contributed by atoms with Gasteiger partial charge in [-0.1, -0.05) is 23.7 Å². The quantitative estimate of drug-likeness (QED) is 0.753. The van der Waals surface area contributed by atoms with Crippen LogP contribution in [0.3, 0.4) is 0 Å². The highest BCUT2D eigenvalue weighted by Crippen LogP contribution is 2.30. The van der Waals surface area contributed by atoms with Gasteiger partial charge in [0.25, 0.3) is 0 Å². The number of pyridine rings is 1. The Labute approximate surface area is 117 Å². The lowest BCUT2D eigenvalue weighted by Gasteiger charge is -2.03. The van der Waals surface area contributed by atoms with Gasteiger partial charge in [0, 0.05) is 0 Å². The van der Waals surface area contributed by atoms with Gasteiger partial charge in [-0.25, -0.2) is 4.98 Å². The van der Waals surface area contributed by atoms with Crippen molar-refractivity contribution in [3.05, 3.63) is 46.6 Å². The predicted molar refractivity (Wildman–Crippen MR) is 74.9 cm³/mol.